The highest BCUT2D eigenvalue weighted by Crippen LogP contribution is 2.43. The molecule has 1 aliphatic carbocycles. The monoisotopic (exact) mass is 293 g/mol. The van der Waals surface area contributed by atoms with E-state index in [4.69, 9.17) is 9.47 Å². The van der Waals surface area contributed by atoms with Gasteiger partial charge in [-0.15, -0.1) is 0 Å². The molecule has 0 aromatic heterocycles. The van der Waals surface area contributed by atoms with Gasteiger partial charge in [0.25, 0.3) is 0 Å². The molecule has 1 atom stereocenters. The van der Waals surface area contributed by atoms with Crippen LogP contribution in [0, 0.1) is 5.41 Å². The summed E-state index contributed by atoms with van der Waals surface area (Å²) >= 11 is 0. The first kappa shape index (κ1) is 16.1. The summed E-state index contributed by atoms with van der Waals surface area (Å²) in [6, 6.07) is 5.50. The normalized spacial score (nSPS) is 17.9. The number of methoxy groups -OCH3 is 2. The fourth-order valence-electron chi connectivity index (χ4n) is 3.02. The third-order valence-electron chi connectivity index (χ3n) is 4.80. The van der Waals surface area contributed by atoms with Crippen LogP contribution >= 0.6 is 0 Å². The number of rotatable bonds is 8. The molecule has 0 amide bonds. The van der Waals surface area contributed by atoms with Crippen molar-refractivity contribution in [2.75, 3.05) is 27.3 Å². The minimum Gasteiger partial charge on any atom is -0.497 e. The Balaban J connectivity index is 1.94. The third kappa shape index (κ3) is 3.69. The quantitative estimate of drug-likeness (QED) is 0.774. The molecule has 0 bridgehead atoms. The number of aliphatic hydroxyl groups excluding tert-OH is 1. The predicted octanol–water partition coefficient (Wildman–Crippen LogP) is 2.91. The van der Waals surface area contributed by atoms with E-state index < -0.39 is 6.10 Å². The summed E-state index contributed by atoms with van der Waals surface area (Å²) in [5, 5.41) is 13.8. The number of benzene rings is 1. The van der Waals surface area contributed by atoms with Crippen molar-refractivity contribution in [1.82, 2.24) is 5.32 Å². The van der Waals surface area contributed by atoms with Crippen LogP contribution in [0.3, 0.4) is 0 Å². The first-order valence-electron chi connectivity index (χ1n) is 7.75. The molecule has 1 saturated carbocycles. The Labute approximate surface area is 127 Å². The van der Waals surface area contributed by atoms with Crippen molar-refractivity contribution >= 4 is 0 Å². The largest absolute Gasteiger partial charge is 0.497 e. The summed E-state index contributed by atoms with van der Waals surface area (Å²) in [4.78, 5) is 0. The van der Waals surface area contributed by atoms with Gasteiger partial charge < -0.3 is 19.9 Å². The molecular weight excluding hydrogens is 266 g/mol. The summed E-state index contributed by atoms with van der Waals surface area (Å²) in [6.07, 6.45) is 4.55. The predicted molar refractivity (Wildman–Crippen MR) is 84.0 cm³/mol. The molecule has 4 nitrogen and oxygen atoms in total. The average molecular weight is 293 g/mol. The summed E-state index contributed by atoms with van der Waals surface area (Å²) in [6.45, 7) is 3.76. The maximum absolute atomic E-state index is 10.4. The Morgan fingerprint density at radius 2 is 2.05 bits per heavy atom. The molecule has 1 aromatic carbocycles. The maximum Gasteiger partial charge on any atom is 0.124 e. The van der Waals surface area contributed by atoms with Crippen LogP contribution < -0.4 is 14.8 Å². The van der Waals surface area contributed by atoms with E-state index in [2.05, 4.69) is 12.2 Å². The van der Waals surface area contributed by atoms with Crippen molar-refractivity contribution in [2.24, 2.45) is 5.41 Å². The van der Waals surface area contributed by atoms with Gasteiger partial charge in [0.2, 0.25) is 0 Å². The van der Waals surface area contributed by atoms with Crippen molar-refractivity contribution < 1.29 is 14.6 Å². The zero-order valence-corrected chi connectivity index (χ0v) is 13.3. The first-order valence-corrected chi connectivity index (χ1v) is 7.75. The maximum atomic E-state index is 10.4. The van der Waals surface area contributed by atoms with Crippen LogP contribution in [0.15, 0.2) is 18.2 Å². The first-order chi connectivity index (χ1) is 10.1. The van der Waals surface area contributed by atoms with Gasteiger partial charge in [-0.3, -0.25) is 0 Å². The topological polar surface area (TPSA) is 50.7 Å². The Morgan fingerprint density at radius 3 is 2.57 bits per heavy atom. The van der Waals surface area contributed by atoms with Crippen molar-refractivity contribution in [3.8, 4) is 11.5 Å². The molecule has 1 aliphatic rings. The van der Waals surface area contributed by atoms with Crippen molar-refractivity contribution in [3.63, 3.8) is 0 Å². The highest BCUT2D eigenvalue weighted by Gasteiger charge is 2.34. The molecule has 0 saturated heterocycles. The SMILES string of the molecule is CCC1(CNCC(O)c2cc(OC)ccc2OC)CCC1. The molecule has 4 heteroatoms. The van der Waals surface area contributed by atoms with Crippen molar-refractivity contribution in [1.29, 1.82) is 0 Å². The number of hydrogen-bond acceptors (Lipinski definition) is 4. The zero-order valence-electron chi connectivity index (χ0n) is 13.3. The second-order valence-electron chi connectivity index (χ2n) is 5.96. The molecule has 2 N–H and O–H groups in total. The third-order valence-corrected chi connectivity index (χ3v) is 4.80. The minimum atomic E-state index is -0.593. The van der Waals surface area contributed by atoms with E-state index in [1.165, 1.54) is 25.7 Å². The Hall–Kier alpha value is -1.26. The van der Waals surface area contributed by atoms with Crippen LogP contribution in [0.1, 0.15) is 44.3 Å². The second kappa shape index (κ2) is 7.14. The van der Waals surface area contributed by atoms with Gasteiger partial charge in [-0.25, -0.2) is 0 Å². The van der Waals surface area contributed by atoms with Crippen LogP contribution in [0.4, 0.5) is 0 Å². The number of nitrogens with one attached hydrogen (secondary N) is 1. The van der Waals surface area contributed by atoms with Crippen LogP contribution in [0.25, 0.3) is 0 Å². The van der Waals surface area contributed by atoms with E-state index in [0.717, 1.165) is 17.9 Å². The lowest BCUT2D eigenvalue weighted by atomic mass is 9.67. The van der Waals surface area contributed by atoms with Crippen molar-refractivity contribution in [3.05, 3.63) is 23.8 Å². The van der Waals surface area contributed by atoms with Gasteiger partial charge >= 0.3 is 0 Å². The number of aliphatic hydroxyl groups is 1. The van der Waals surface area contributed by atoms with Gasteiger partial charge in [0.05, 0.1) is 20.3 Å². The fraction of sp³-hybridized carbons (Fsp3) is 0.647. The van der Waals surface area contributed by atoms with Crippen LogP contribution in [-0.2, 0) is 0 Å². The van der Waals surface area contributed by atoms with E-state index in [-0.39, 0.29) is 0 Å². The van der Waals surface area contributed by atoms with Gasteiger partial charge in [0.15, 0.2) is 0 Å². The van der Waals surface area contributed by atoms with Gasteiger partial charge in [0.1, 0.15) is 11.5 Å². The summed E-state index contributed by atoms with van der Waals surface area (Å²) in [7, 11) is 3.24. The lowest BCUT2D eigenvalue weighted by molar-refractivity contribution is 0.109. The molecule has 0 spiro atoms. The number of ether oxygens (including phenoxy) is 2. The smallest absolute Gasteiger partial charge is 0.124 e. The Bertz CT molecular complexity index is 452. The summed E-state index contributed by atoms with van der Waals surface area (Å²) in [5.74, 6) is 1.42. The summed E-state index contributed by atoms with van der Waals surface area (Å²) < 4.78 is 10.5. The molecule has 1 unspecified atom stereocenters. The van der Waals surface area contributed by atoms with Crippen molar-refractivity contribution in [2.45, 2.75) is 38.7 Å². The Morgan fingerprint density at radius 1 is 1.29 bits per heavy atom. The molecule has 1 aromatic rings. The van der Waals surface area contributed by atoms with Gasteiger partial charge in [-0.1, -0.05) is 13.3 Å². The van der Waals surface area contributed by atoms with E-state index in [1.807, 2.05) is 18.2 Å². The van der Waals surface area contributed by atoms with E-state index in [9.17, 15) is 5.11 Å². The molecule has 2 rings (SSSR count). The lowest BCUT2D eigenvalue weighted by Gasteiger charge is -2.41. The fourth-order valence-corrected chi connectivity index (χ4v) is 3.02. The van der Waals surface area contributed by atoms with E-state index >= 15 is 0 Å². The molecule has 118 valence electrons. The molecule has 0 heterocycles. The molecular formula is C17H27NO3. The molecule has 0 radical (unpaired) electrons. The highest BCUT2D eigenvalue weighted by atomic mass is 16.5. The van der Waals surface area contributed by atoms with Gasteiger partial charge in [-0.05, 0) is 42.9 Å². The van der Waals surface area contributed by atoms with Crippen LogP contribution in [0.5, 0.6) is 11.5 Å². The zero-order chi connectivity index (χ0) is 15.3. The summed E-state index contributed by atoms with van der Waals surface area (Å²) in [5.41, 5.74) is 1.22. The van der Waals surface area contributed by atoms with E-state index in [1.54, 1.807) is 14.2 Å². The minimum absolute atomic E-state index is 0.457. The molecule has 1 fully saturated rings. The second-order valence-corrected chi connectivity index (χ2v) is 5.96. The number of hydrogen-bond donors (Lipinski definition) is 2. The van der Waals surface area contributed by atoms with Crippen LogP contribution in [0.2, 0.25) is 0 Å². The molecule has 0 aliphatic heterocycles. The van der Waals surface area contributed by atoms with Gasteiger partial charge in [0, 0.05) is 18.7 Å². The Kier molecular flexibility index (Phi) is 5.48. The molecule has 21 heavy (non-hydrogen) atoms. The lowest BCUT2D eigenvalue weighted by Crippen LogP contribution is -2.40. The highest BCUT2D eigenvalue weighted by molar-refractivity contribution is 5.41. The average Bonchev–Trinajstić information content (AvgIpc) is 2.49. The van der Waals surface area contributed by atoms with Crippen LogP contribution in [-0.4, -0.2) is 32.4 Å². The standard InChI is InChI=1S/C17H27NO3/c1-4-17(8-5-9-17)12-18-11-15(19)14-10-13(20-2)6-7-16(14)21-3/h6-7,10,15,18-19H,4-5,8-9,11-12H2,1-3H3. The van der Waals surface area contributed by atoms with Gasteiger partial charge in [-0.2, -0.15) is 0 Å². The van der Waals surface area contributed by atoms with E-state index in [0.29, 0.717) is 17.7 Å².